The maximum atomic E-state index is 11.0. The van der Waals surface area contributed by atoms with Gasteiger partial charge in [0.2, 0.25) is 5.91 Å². The summed E-state index contributed by atoms with van der Waals surface area (Å²) in [5.74, 6) is -0.508. The van der Waals surface area contributed by atoms with Gasteiger partial charge in [-0.05, 0) is 6.92 Å². The minimum absolute atomic E-state index is 0.117. The molecule has 0 aliphatic rings. The van der Waals surface area contributed by atoms with Gasteiger partial charge in [-0.3, -0.25) is 14.4 Å². The first-order valence-electron chi connectivity index (χ1n) is 4.01. The molecule has 6 heteroatoms. The lowest BCUT2D eigenvalue weighted by atomic mass is 10.3. The predicted molar refractivity (Wildman–Crippen MR) is 52.1 cm³/mol. The van der Waals surface area contributed by atoms with Gasteiger partial charge in [-0.25, -0.2) is 0 Å². The monoisotopic (exact) mass is 214 g/mol. The fourth-order valence-corrected chi connectivity index (χ4v) is 1.46. The zero-order chi connectivity index (χ0) is 10.6. The molecule has 0 saturated heterocycles. The number of H-pyrrole nitrogens is 1. The molecule has 1 aromatic rings. The number of rotatable bonds is 4. The fraction of sp³-hybridized carbons (Fsp3) is 0.375. The molecule has 1 amide bonds. The van der Waals surface area contributed by atoms with E-state index in [1.165, 1.54) is 6.92 Å². The molecule has 0 aliphatic carbocycles. The van der Waals surface area contributed by atoms with E-state index in [-0.39, 0.29) is 29.5 Å². The highest BCUT2D eigenvalue weighted by atomic mass is 32.1. The first kappa shape index (κ1) is 10.6. The summed E-state index contributed by atoms with van der Waals surface area (Å²) in [6.45, 7) is 1.61. The van der Waals surface area contributed by atoms with Gasteiger partial charge in [-0.15, -0.1) is 0 Å². The van der Waals surface area contributed by atoms with Crippen LogP contribution in [0.1, 0.15) is 19.0 Å². The van der Waals surface area contributed by atoms with Crippen molar-refractivity contribution in [3.8, 4) is 0 Å². The topological polar surface area (TPSA) is 79.0 Å². The molecule has 1 rings (SSSR count). The molecular weight excluding hydrogens is 204 g/mol. The van der Waals surface area contributed by atoms with Crippen LogP contribution in [-0.2, 0) is 16.1 Å². The summed E-state index contributed by atoms with van der Waals surface area (Å²) in [5.41, 5.74) is 0.650. The summed E-state index contributed by atoms with van der Waals surface area (Å²) in [6.07, 6.45) is -0.117. The van der Waals surface area contributed by atoms with Gasteiger partial charge in [0.05, 0.1) is 13.0 Å². The lowest BCUT2D eigenvalue weighted by Crippen LogP contribution is -2.24. The molecule has 1 heterocycles. The van der Waals surface area contributed by atoms with Gasteiger partial charge >= 0.3 is 4.87 Å². The van der Waals surface area contributed by atoms with Crippen molar-refractivity contribution < 1.29 is 9.59 Å². The number of carbonyl (C=O) groups is 2. The zero-order valence-electron chi connectivity index (χ0n) is 7.62. The quantitative estimate of drug-likeness (QED) is 0.694. The number of carbonyl (C=O) groups excluding carboxylic acids is 2. The van der Waals surface area contributed by atoms with Gasteiger partial charge in [0.1, 0.15) is 5.78 Å². The molecule has 2 N–H and O–H groups in total. The highest BCUT2D eigenvalue weighted by Crippen LogP contribution is 1.94. The number of hydrogen-bond acceptors (Lipinski definition) is 4. The van der Waals surface area contributed by atoms with E-state index in [9.17, 15) is 14.4 Å². The number of hydrogen-bond donors (Lipinski definition) is 2. The van der Waals surface area contributed by atoms with Crippen LogP contribution in [0.25, 0.3) is 0 Å². The molecule has 0 atom stereocenters. The largest absolute Gasteiger partial charge is 0.350 e. The first-order valence-corrected chi connectivity index (χ1v) is 4.88. The van der Waals surface area contributed by atoms with E-state index in [1.54, 1.807) is 5.38 Å². The molecule has 0 unspecified atom stereocenters. The van der Waals surface area contributed by atoms with Crippen molar-refractivity contribution in [3.05, 3.63) is 20.7 Å². The van der Waals surface area contributed by atoms with Gasteiger partial charge in [-0.1, -0.05) is 11.3 Å². The maximum absolute atomic E-state index is 11.0. The Morgan fingerprint density at radius 2 is 2.29 bits per heavy atom. The average Bonchev–Trinajstić information content (AvgIpc) is 2.47. The number of nitrogens with one attached hydrogen (secondary N) is 2. The fourth-order valence-electron chi connectivity index (χ4n) is 0.883. The third-order valence-electron chi connectivity index (χ3n) is 1.46. The summed E-state index contributed by atoms with van der Waals surface area (Å²) in [4.78, 5) is 34.7. The lowest BCUT2D eigenvalue weighted by Gasteiger charge is -2.00. The van der Waals surface area contributed by atoms with E-state index < -0.39 is 0 Å². The second kappa shape index (κ2) is 4.71. The van der Waals surface area contributed by atoms with Crippen molar-refractivity contribution >= 4 is 23.0 Å². The van der Waals surface area contributed by atoms with Gasteiger partial charge in [0.25, 0.3) is 0 Å². The smallest absolute Gasteiger partial charge is 0.304 e. The van der Waals surface area contributed by atoms with Gasteiger partial charge < -0.3 is 10.3 Å². The van der Waals surface area contributed by atoms with E-state index in [1.807, 2.05) is 0 Å². The SMILES string of the molecule is CC(=O)CC(=O)NCc1csc(=O)[nH]1. The van der Waals surface area contributed by atoms with Crippen molar-refractivity contribution in [3.63, 3.8) is 0 Å². The zero-order valence-corrected chi connectivity index (χ0v) is 8.44. The van der Waals surface area contributed by atoms with Gasteiger partial charge in [0.15, 0.2) is 0 Å². The van der Waals surface area contributed by atoms with Crippen molar-refractivity contribution in [2.24, 2.45) is 0 Å². The minimum Gasteiger partial charge on any atom is -0.350 e. The molecular formula is C8H10N2O3S. The normalized spacial score (nSPS) is 9.79. The van der Waals surface area contributed by atoms with E-state index in [4.69, 9.17) is 0 Å². The highest BCUT2D eigenvalue weighted by molar-refractivity contribution is 7.07. The van der Waals surface area contributed by atoms with Crippen LogP contribution in [-0.4, -0.2) is 16.7 Å². The molecule has 0 bridgehead atoms. The molecule has 1 aromatic heterocycles. The van der Waals surface area contributed by atoms with E-state index in [2.05, 4.69) is 10.3 Å². The second-order valence-electron chi connectivity index (χ2n) is 2.83. The number of thiazole rings is 1. The lowest BCUT2D eigenvalue weighted by molar-refractivity contribution is -0.127. The van der Waals surface area contributed by atoms with E-state index in [0.717, 1.165) is 11.3 Å². The molecule has 14 heavy (non-hydrogen) atoms. The standard InChI is InChI=1S/C8H10N2O3S/c1-5(11)2-7(12)9-3-6-4-14-8(13)10-6/h4H,2-3H2,1H3,(H,9,12)(H,10,13). The molecule has 0 spiro atoms. The summed E-state index contributed by atoms with van der Waals surface area (Å²) in [7, 11) is 0. The van der Waals surface area contributed by atoms with Crippen LogP contribution < -0.4 is 10.2 Å². The Kier molecular flexibility index (Phi) is 3.58. The second-order valence-corrected chi connectivity index (χ2v) is 3.67. The van der Waals surface area contributed by atoms with Crippen LogP contribution >= 0.6 is 11.3 Å². The molecule has 5 nitrogen and oxygen atoms in total. The molecule has 76 valence electrons. The van der Waals surface area contributed by atoms with Crippen molar-refractivity contribution in [2.75, 3.05) is 0 Å². The molecule has 0 radical (unpaired) electrons. The van der Waals surface area contributed by atoms with Gasteiger partial charge in [0, 0.05) is 11.1 Å². The van der Waals surface area contributed by atoms with Crippen molar-refractivity contribution in [1.82, 2.24) is 10.3 Å². The van der Waals surface area contributed by atoms with E-state index >= 15 is 0 Å². The summed E-state index contributed by atoms with van der Waals surface area (Å²) in [5, 5.41) is 4.16. The third-order valence-corrected chi connectivity index (χ3v) is 2.17. The Balaban J connectivity index is 2.37. The number of aromatic nitrogens is 1. The number of Topliss-reactive ketones (excluding diaryl/α,β-unsaturated/α-hetero) is 1. The Morgan fingerprint density at radius 1 is 1.57 bits per heavy atom. The van der Waals surface area contributed by atoms with Crippen LogP contribution in [0, 0.1) is 0 Å². The number of amides is 1. The van der Waals surface area contributed by atoms with E-state index in [0.29, 0.717) is 5.69 Å². The third kappa shape index (κ3) is 3.53. The minimum atomic E-state index is -0.329. The van der Waals surface area contributed by atoms with Crippen molar-refractivity contribution in [1.29, 1.82) is 0 Å². The molecule has 0 saturated carbocycles. The number of aromatic amines is 1. The molecule has 0 aromatic carbocycles. The average molecular weight is 214 g/mol. The predicted octanol–water partition coefficient (Wildman–Crippen LogP) is 0.0317. The Morgan fingerprint density at radius 3 is 2.79 bits per heavy atom. The van der Waals surface area contributed by atoms with Crippen LogP contribution in [0.4, 0.5) is 0 Å². The highest BCUT2D eigenvalue weighted by Gasteiger charge is 2.04. The number of ketones is 1. The first-order chi connectivity index (χ1) is 6.58. The molecule has 0 aliphatic heterocycles. The Hall–Kier alpha value is -1.43. The van der Waals surface area contributed by atoms with Crippen LogP contribution in [0.15, 0.2) is 10.2 Å². The summed E-state index contributed by atoms with van der Waals surface area (Å²) >= 11 is 1.04. The van der Waals surface area contributed by atoms with Crippen molar-refractivity contribution in [2.45, 2.75) is 19.9 Å². The van der Waals surface area contributed by atoms with Crippen LogP contribution in [0.2, 0.25) is 0 Å². The maximum Gasteiger partial charge on any atom is 0.304 e. The summed E-state index contributed by atoms with van der Waals surface area (Å²) < 4.78 is 0. The van der Waals surface area contributed by atoms with Crippen LogP contribution in [0.5, 0.6) is 0 Å². The molecule has 0 fully saturated rings. The Bertz CT molecular complexity index is 393. The van der Waals surface area contributed by atoms with Gasteiger partial charge in [-0.2, -0.15) is 0 Å². The summed E-state index contributed by atoms with van der Waals surface area (Å²) in [6, 6.07) is 0. The Labute approximate surface area is 84.2 Å². The van der Waals surface area contributed by atoms with Crippen LogP contribution in [0.3, 0.4) is 0 Å².